The molecule has 0 spiro atoms. The van der Waals surface area contributed by atoms with Gasteiger partial charge in [-0.3, -0.25) is 9.78 Å². The van der Waals surface area contributed by atoms with Crippen LogP contribution in [0.25, 0.3) is 22.0 Å². The summed E-state index contributed by atoms with van der Waals surface area (Å²) < 4.78 is 10.8. The van der Waals surface area contributed by atoms with Gasteiger partial charge in [0.15, 0.2) is 5.78 Å². The zero-order valence-corrected chi connectivity index (χ0v) is 13.6. The molecule has 1 aliphatic carbocycles. The van der Waals surface area contributed by atoms with E-state index in [4.69, 9.17) is 9.47 Å². The molecular weight excluding hydrogens is 304 g/mol. The lowest BCUT2D eigenvalue weighted by atomic mass is 9.84. The second kappa shape index (κ2) is 5.23. The maximum Gasteiger partial charge on any atom is 0.196 e. The maximum absolute atomic E-state index is 13.2. The summed E-state index contributed by atoms with van der Waals surface area (Å²) in [6.45, 7) is 0. The number of methoxy groups -OCH3 is 2. The van der Waals surface area contributed by atoms with Gasteiger partial charge in [-0.05, 0) is 35.7 Å². The van der Waals surface area contributed by atoms with Crippen molar-refractivity contribution in [2.45, 2.75) is 0 Å². The molecule has 5 heteroatoms. The fraction of sp³-hybridized carbons (Fsp3) is 0.158. The van der Waals surface area contributed by atoms with Crippen LogP contribution < -0.4 is 14.8 Å². The minimum atomic E-state index is -0.0577. The Morgan fingerprint density at radius 3 is 2.58 bits per heavy atom. The van der Waals surface area contributed by atoms with Crippen molar-refractivity contribution in [1.29, 1.82) is 0 Å². The number of ketones is 1. The number of pyridine rings is 1. The highest BCUT2D eigenvalue weighted by Gasteiger charge is 2.30. The van der Waals surface area contributed by atoms with Gasteiger partial charge in [0.25, 0.3) is 0 Å². The molecule has 0 bridgehead atoms. The average molecular weight is 320 g/mol. The zero-order chi connectivity index (χ0) is 16.8. The van der Waals surface area contributed by atoms with E-state index >= 15 is 0 Å². The molecule has 3 aromatic rings. The van der Waals surface area contributed by atoms with Gasteiger partial charge in [0.05, 0.1) is 31.2 Å². The molecule has 0 unspecified atom stereocenters. The average Bonchev–Trinajstić information content (AvgIpc) is 2.64. The van der Waals surface area contributed by atoms with Crippen molar-refractivity contribution >= 4 is 22.2 Å². The van der Waals surface area contributed by atoms with E-state index in [1.807, 2.05) is 24.3 Å². The Labute approximate surface area is 139 Å². The van der Waals surface area contributed by atoms with Crippen molar-refractivity contribution in [3.63, 3.8) is 0 Å². The third kappa shape index (κ3) is 1.81. The van der Waals surface area contributed by atoms with E-state index in [2.05, 4.69) is 10.3 Å². The van der Waals surface area contributed by atoms with Crippen LogP contribution in [0, 0.1) is 0 Å². The van der Waals surface area contributed by atoms with Gasteiger partial charge in [-0.15, -0.1) is 0 Å². The highest BCUT2D eigenvalue weighted by Crippen LogP contribution is 2.45. The molecule has 5 nitrogen and oxygen atoms in total. The molecule has 1 heterocycles. The van der Waals surface area contributed by atoms with Crippen LogP contribution in [-0.4, -0.2) is 32.0 Å². The molecule has 0 aliphatic heterocycles. The van der Waals surface area contributed by atoms with E-state index in [0.29, 0.717) is 28.3 Å². The SMILES string of the molecule is CNc1c(OC)cc2ccnc3c2c1C(=O)c1cc(OC)ccc1-3. The third-order valence-electron chi connectivity index (χ3n) is 4.44. The van der Waals surface area contributed by atoms with Gasteiger partial charge < -0.3 is 14.8 Å². The molecule has 0 atom stereocenters. The second-order valence-electron chi connectivity index (χ2n) is 5.58. The van der Waals surface area contributed by atoms with Gasteiger partial charge in [0.2, 0.25) is 0 Å². The van der Waals surface area contributed by atoms with Crippen molar-refractivity contribution < 1.29 is 14.3 Å². The molecule has 4 rings (SSSR count). The number of anilines is 1. The van der Waals surface area contributed by atoms with Gasteiger partial charge in [-0.1, -0.05) is 0 Å². The third-order valence-corrected chi connectivity index (χ3v) is 4.44. The molecule has 1 N–H and O–H groups in total. The Morgan fingerprint density at radius 1 is 1.04 bits per heavy atom. The van der Waals surface area contributed by atoms with Gasteiger partial charge in [-0.2, -0.15) is 0 Å². The molecule has 0 fully saturated rings. The van der Waals surface area contributed by atoms with E-state index in [9.17, 15) is 4.79 Å². The first-order valence-electron chi connectivity index (χ1n) is 7.60. The Balaban J connectivity index is 2.17. The molecule has 0 radical (unpaired) electrons. The first-order valence-corrected chi connectivity index (χ1v) is 7.60. The number of carbonyl (C=O) groups excluding carboxylic acids is 1. The Bertz CT molecular complexity index is 996. The first kappa shape index (κ1) is 14.5. The number of fused-ring (bicyclic) bond motifs is 2. The Morgan fingerprint density at radius 2 is 1.88 bits per heavy atom. The smallest absolute Gasteiger partial charge is 0.196 e. The van der Waals surface area contributed by atoms with Gasteiger partial charge in [-0.25, -0.2) is 0 Å². The van der Waals surface area contributed by atoms with Crippen LogP contribution in [0.4, 0.5) is 5.69 Å². The van der Waals surface area contributed by atoms with Crippen LogP contribution in [0.5, 0.6) is 11.5 Å². The molecule has 120 valence electrons. The van der Waals surface area contributed by atoms with Crippen molar-refractivity contribution in [1.82, 2.24) is 4.98 Å². The molecular formula is C19H16N2O3. The number of rotatable bonds is 3. The van der Waals surface area contributed by atoms with Crippen LogP contribution in [0.15, 0.2) is 36.5 Å². The summed E-state index contributed by atoms with van der Waals surface area (Å²) in [7, 11) is 4.97. The zero-order valence-electron chi connectivity index (χ0n) is 13.6. The Kier molecular flexibility index (Phi) is 3.16. The molecule has 0 saturated carbocycles. The van der Waals surface area contributed by atoms with Crippen LogP contribution in [0.3, 0.4) is 0 Å². The molecule has 0 amide bonds. The predicted octanol–water partition coefficient (Wildman–Crippen LogP) is 3.51. The van der Waals surface area contributed by atoms with E-state index < -0.39 is 0 Å². The molecule has 1 aromatic heterocycles. The molecule has 0 saturated heterocycles. The summed E-state index contributed by atoms with van der Waals surface area (Å²) in [5, 5.41) is 4.89. The maximum atomic E-state index is 13.2. The number of carbonyl (C=O) groups is 1. The molecule has 2 aromatic carbocycles. The van der Waals surface area contributed by atoms with Gasteiger partial charge in [0.1, 0.15) is 11.5 Å². The monoisotopic (exact) mass is 320 g/mol. The summed E-state index contributed by atoms with van der Waals surface area (Å²) in [5.41, 5.74) is 3.49. The lowest BCUT2D eigenvalue weighted by Crippen LogP contribution is -2.14. The summed E-state index contributed by atoms with van der Waals surface area (Å²) in [4.78, 5) is 17.8. The molecule has 1 aliphatic rings. The number of aromatic nitrogens is 1. The number of nitrogens with one attached hydrogen (secondary N) is 1. The van der Waals surface area contributed by atoms with Gasteiger partial charge >= 0.3 is 0 Å². The van der Waals surface area contributed by atoms with Crippen molar-refractivity contribution in [2.75, 3.05) is 26.6 Å². The van der Waals surface area contributed by atoms with Crippen LogP contribution >= 0.6 is 0 Å². The van der Waals surface area contributed by atoms with Gasteiger partial charge in [0, 0.05) is 29.8 Å². The standard InChI is InChI=1S/C19H16N2O3/c1-20-18-14(24-3)8-10-6-7-21-17-12-5-4-11(23-2)9-13(12)19(22)16(18)15(10)17/h4-9,20H,1-3H3. The normalized spacial score (nSPS) is 12.0. The second-order valence-corrected chi connectivity index (χ2v) is 5.58. The van der Waals surface area contributed by atoms with E-state index in [0.717, 1.165) is 22.0 Å². The fourth-order valence-corrected chi connectivity index (χ4v) is 3.34. The lowest BCUT2D eigenvalue weighted by molar-refractivity contribution is 0.104. The summed E-state index contributed by atoms with van der Waals surface area (Å²) in [5.74, 6) is 1.22. The van der Waals surface area contributed by atoms with E-state index in [1.165, 1.54) is 0 Å². The number of ether oxygens (including phenoxy) is 2. The van der Waals surface area contributed by atoms with Crippen LogP contribution in [0.1, 0.15) is 15.9 Å². The minimum Gasteiger partial charge on any atom is -0.497 e. The fourth-order valence-electron chi connectivity index (χ4n) is 3.34. The molecule has 24 heavy (non-hydrogen) atoms. The summed E-state index contributed by atoms with van der Waals surface area (Å²) in [6, 6.07) is 9.32. The lowest BCUT2D eigenvalue weighted by Gasteiger charge is -2.23. The van der Waals surface area contributed by atoms with E-state index in [1.54, 1.807) is 33.5 Å². The largest absolute Gasteiger partial charge is 0.497 e. The number of benzene rings is 2. The van der Waals surface area contributed by atoms with Crippen molar-refractivity contribution in [2.24, 2.45) is 0 Å². The quantitative estimate of drug-likeness (QED) is 0.626. The Hall–Kier alpha value is -3.08. The summed E-state index contributed by atoms with van der Waals surface area (Å²) >= 11 is 0. The van der Waals surface area contributed by atoms with Crippen LogP contribution in [-0.2, 0) is 0 Å². The van der Waals surface area contributed by atoms with E-state index in [-0.39, 0.29) is 5.78 Å². The van der Waals surface area contributed by atoms with Crippen molar-refractivity contribution in [3.05, 3.63) is 47.7 Å². The first-order chi connectivity index (χ1) is 11.7. The predicted molar refractivity (Wildman–Crippen MR) is 93.3 cm³/mol. The van der Waals surface area contributed by atoms with Crippen molar-refractivity contribution in [3.8, 4) is 22.8 Å². The highest BCUT2D eigenvalue weighted by atomic mass is 16.5. The minimum absolute atomic E-state index is 0.0577. The number of nitrogens with zero attached hydrogens (tertiary/aromatic N) is 1. The van der Waals surface area contributed by atoms with Crippen LogP contribution in [0.2, 0.25) is 0 Å². The summed E-state index contributed by atoms with van der Waals surface area (Å²) in [6.07, 6.45) is 1.75. The number of hydrogen-bond acceptors (Lipinski definition) is 5. The highest BCUT2D eigenvalue weighted by molar-refractivity contribution is 6.28. The number of hydrogen-bond donors (Lipinski definition) is 1. The topological polar surface area (TPSA) is 60.5 Å².